The minimum atomic E-state index is -1.54. The van der Waals surface area contributed by atoms with E-state index in [4.69, 9.17) is 4.55 Å². The molecule has 1 aliphatic rings. The molecule has 1 saturated carbocycles. The quantitative estimate of drug-likeness (QED) is 0.572. The minimum absolute atomic E-state index is 0.500. The van der Waals surface area contributed by atoms with Crippen molar-refractivity contribution in [1.82, 2.24) is 0 Å². The largest absolute Gasteiger partial charge is 0.306 e. The van der Waals surface area contributed by atoms with Crippen LogP contribution in [0.4, 0.5) is 0 Å². The second-order valence-electron chi connectivity index (χ2n) is 2.29. The van der Waals surface area contributed by atoms with Crippen LogP contribution in [-0.2, 0) is 11.1 Å². The van der Waals surface area contributed by atoms with Gasteiger partial charge >= 0.3 is 0 Å². The smallest absolute Gasteiger partial charge is 0.153 e. The first kappa shape index (κ1) is 6.23. The maximum absolute atomic E-state index is 10.1. The summed E-state index contributed by atoms with van der Waals surface area (Å²) in [6, 6.07) is 0. The molecule has 0 saturated heterocycles. The molecule has 3 heteroatoms. The number of hydrogen-bond acceptors (Lipinski definition) is 1. The summed E-state index contributed by atoms with van der Waals surface area (Å²) in [6.07, 6.45) is 3.57. The van der Waals surface area contributed by atoms with Crippen molar-refractivity contribution in [3.05, 3.63) is 0 Å². The molecule has 1 atom stereocenters. The average molecular weight is 134 g/mol. The van der Waals surface area contributed by atoms with Crippen LogP contribution in [0.25, 0.3) is 0 Å². The SMILES string of the molecule is O=S(O)CC1CCC1. The van der Waals surface area contributed by atoms with E-state index in [9.17, 15) is 4.21 Å². The van der Waals surface area contributed by atoms with Gasteiger partial charge in [-0.1, -0.05) is 6.42 Å². The maximum atomic E-state index is 10.1. The van der Waals surface area contributed by atoms with Crippen molar-refractivity contribution in [3.63, 3.8) is 0 Å². The molecule has 1 fully saturated rings. The van der Waals surface area contributed by atoms with Gasteiger partial charge in [0, 0.05) is 0 Å². The lowest BCUT2D eigenvalue weighted by Gasteiger charge is -2.22. The molecular formula is C5H10O2S. The Labute approximate surface area is 51.6 Å². The lowest BCUT2D eigenvalue weighted by molar-refractivity contribution is 0.345. The van der Waals surface area contributed by atoms with Crippen LogP contribution in [0, 0.1) is 5.92 Å². The van der Waals surface area contributed by atoms with Crippen LogP contribution in [0.1, 0.15) is 19.3 Å². The van der Waals surface area contributed by atoms with E-state index in [1.807, 2.05) is 0 Å². The Morgan fingerprint density at radius 3 is 2.38 bits per heavy atom. The molecule has 0 heterocycles. The van der Waals surface area contributed by atoms with E-state index in [-0.39, 0.29) is 0 Å². The van der Waals surface area contributed by atoms with Gasteiger partial charge < -0.3 is 4.55 Å². The van der Waals surface area contributed by atoms with Crippen molar-refractivity contribution in [2.24, 2.45) is 5.92 Å². The van der Waals surface area contributed by atoms with Crippen LogP contribution in [-0.4, -0.2) is 14.5 Å². The molecule has 0 aromatic rings. The van der Waals surface area contributed by atoms with Gasteiger partial charge in [-0.05, 0) is 18.8 Å². The fourth-order valence-electron chi connectivity index (χ4n) is 0.861. The zero-order chi connectivity index (χ0) is 5.98. The third-order valence-corrected chi connectivity index (χ3v) is 2.36. The first-order valence-corrected chi connectivity index (χ1v) is 4.14. The van der Waals surface area contributed by atoms with E-state index in [0.717, 1.165) is 12.8 Å². The van der Waals surface area contributed by atoms with E-state index in [0.29, 0.717) is 11.7 Å². The summed E-state index contributed by atoms with van der Waals surface area (Å²) < 4.78 is 18.5. The lowest BCUT2D eigenvalue weighted by Crippen LogP contribution is -2.17. The molecule has 0 radical (unpaired) electrons. The first-order valence-electron chi connectivity index (χ1n) is 2.86. The van der Waals surface area contributed by atoms with E-state index in [2.05, 4.69) is 0 Å². The highest BCUT2D eigenvalue weighted by Crippen LogP contribution is 2.26. The molecule has 48 valence electrons. The van der Waals surface area contributed by atoms with Crippen LogP contribution in [0.15, 0.2) is 0 Å². The zero-order valence-corrected chi connectivity index (χ0v) is 5.49. The van der Waals surface area contributed by atoms with E-state index in [1.54, 1.807) is 0 Å². The molecule has 8 heavy (non-hydrogen) atoms. The topological polar surface area (TPSA) is 37.3 Å². The maximum Gasteiger partial charge on any atom is 0.153 e. The Balaban J connectivity index is 2.09. The summed E-state index contributed by atoms with van der Waals surface area (Å²) in [5.74, 6) is 1.06. The predicted molar refractivity (Wildman–Crippen MR) is 33.0 cm³/mol. The van der Waals surface area contributed by atoms with Crippen molar-refractivity contribution in [3.8, 4) is 0 Å². The molecule has 1 N–H and O–H groups in total. The summed E-state index contributed by atoms with van der Waals surface area (Å²) in [7, 11) is 0. The van der Waals surface area contributed by atoms with Crippen LogP contribution < -0.4 is 0 Å². The van der Waals surface area contributed by atoms with Crippen LogP contribution in [0.5, 0.6) is 0 Å². The molecule has 1 rings (SSSR count). The molecule has 0 aromatic heterocycles. The Morgan fingerprint density at radius 2 is 2.25 bits per heavy atom. The second kappa shape index (κ2) is 2.60. The van der Waals surface area contributed by atoms with Crippen LogP contribution >= 0.6 is 0 Å². The minimum Gasteiger partial charge on any atom is -0.306 e. The van der Waals surface area contributed by atoms with Gasteiger partial charge in [-0.25, -0.2) is 4.21 Å². The van der Waals surface area contributed by atoms with Crippen LogP contribution in [0.3, 0.4) is 0 Å². The number of hydrogen-bond donors (Lipinski definition) is 1. The third kappa shape index (κ3) is 1.56. The Hall–Kier alpha value is 0.110. The molecule has 0 aliphatic heterocycles. The Morgan fingerprint density at radius 1 is 1.62 bits per heavy atom. The van der Waals surface area contributed by atoms with E-state index >= 15 is 0 Å². The standard InChI is InChI=1S/C5H10O2S/c6-8(7)4-5-2-1-3-5/h5H,1-4H2,(H,6,7). The molecule has 1 unspecified atom stereocenters. The van der Waals surface area contributed by atoms with Gasteiger partial charge in [-0.15, -0.1) is 0 Å². The molecule has 0 aromatic carbocycles. The van der Waals surface area contributed by atoms with E-state index in [1.165, 1.54) is 6.42 Å². The molecule has 0 spiro atoms. The number of rotatable bonds is 2. The van der Waals surface area contributed by atoms with Crippen LogP contribution in [0.2, 0.25) is 0 Å². The van der Waals surface area contributed by atoms with Crippen molar-refractivity contribution >= 4 is 11.1 Å². The van der Waals surface area contributed by atoms with Gasteiger partial charge in [0.15, 0.2) is 11.1 Å². The van der Waals surface area contributed by atoms with Crippen molar-refractivity contribution in [2.45, 2.75) is 19.3 Å². The second-order valence-corrected chi connectivity index (χ2v) is 3.26. The van der Waals surface area contributed by atoms with Gasteiger partial charge in [0.25, 0.3) is 0 Å². The molecule has 0 amide bonds. The fourth-order valence-corrected chi connectivity index (χ4v) is 1.60. The van der Waals surface area contributed by atoms with Gasteiger partial charge in [-0.2, -0.15) is 0 Å². The predicted octanol–water partition coefficient (Wildman–Crippen LogP) is 1.01. The molecule has 2 nitrogen and oxygen atoms in total. The summed E-state index contributed by atoms with van der Waals surface area (Å²) in [4.78, 5) is 0. The van der Waals surface area contributed by atoms with Gasteiger partial charge in [-0.3, -0.25) is 0 Å². The monoisotopic (exact) mass is 134 g/mol. The van der Waals surface area contributed by atoms with Crippen molar-refractivity contribution < 1.29 is 8.76 Å². The summed E-state index contributed by atoms with van der Waals surface area (Å²) in [5, 5.41) is 0. The highest BCUT2D eigenvalue weighted by atomic mass is 32.2. The Bertz CT molecular complexity index is 98.6. The normalized spacial score (nSPS) is 24.6. The van der Waals surface area contributed by atoms with Crippen molar-refractivity contribution in [1.29, 1.82) is 0 Å². The van der Waals surface area contributed by atoms with Crippen molar-refractivity contribution in [2.75, 3.05) is 5.75 Å². The summed E-state index contributed by atoms with van der Waals surface area (Å²) >= 11 is -1.54. The fraction of sp³-hybridized carbons (Fsp3) is 1.00. The highest BCUT2D eigenvalue weighted by molar-refractivity contribution is 7.79. The summed E-state index contributed by atoms with van der Waals surface area (Å²) in [5.41, 5.74) is 0. The third-order valence-electron chi connectivity index (χ3n) is 1.60. The van der Waals surface area contributed by atoms with Gasteiger partial charge in [0.05, 0.1) is 5.75 Å². The average Bonchev–Trinajstić information content (AvgIpc) is 1.55. The molecule has 0 bridgehead atoms. The van der Waals surface area contributed by atoms with Gasteiger partial charge in [0.2, 0.25) is 0 Å². The molecular weight excluding hydrogens is 124 g/mol. The zero-order valence-electron chi connectivity index (χ0n) is 4.67. The first-order chi connectivity index (χ1) is 3.79. The highest BCUT2D eigenvalue weighted by Gasteiger charge is 2.18. The summed E-state index contributed by atoms with van der Waals surface area (Å²) in [6.45, 7) is 0. The molecule has 1 aliphatic carbocycles. The van der Waals surface area contributed by atoms with E-state index < -0.39 is 11.1 Å². The van der Waals surface area contributed by atoms with Gasteiger partial charge in [0.1, 0.15) is 0 Å². The Kier molecular flexibility index (Phi) is 2.02. The lowest BCUT2D eigenvalue weighted by atomic mass is 9.87.